The predicted molar refractivity (Wildman–Crippen MR) is 86.0 cm³/mol. The maximum atomic E-state index is 5.53. The van der Waals surface area contributed by atoms with Crippen molar-refractivity contribution in [2.24, 2.45) is 5.92 Å². The van der Waals surface area contributed by atoms with Crippen molar-refractivity contribution in [1.82, 2.24) is 5.32 Å². The van der Waals surface area contributed by atoms with Crippen LogP contribution in [0.4, 0.5) is 0 Å². The summed E-state index contributed by atoms with van der Waals surface area (Å²) in [7, 11) is 0. The molecule has 0 radical (unpaired) electrons. The summed E-state index contributed by atoms with van der Waals surface area (Å²) in [6.07, 6.45) is 3.64. The summed E-state index contributed by atoms with van der Waals surface area (Å²) >= 11 is 3.57. The molecule has 2 nitrogen and oxygen atoms in total. The lowest BCUT2D eigenvalue weighted by molar-refractivity contribution is 0.338. The summed E-state index contributed by atoms with van der Waals surface area (Å²) in [5.41, 5.74) is 1.38. The molecule has 0 aromatic heterocycles. The number of ether oxygens (including phenoxy) is 1. The summed E-state index contributed by atoms with van der Waals surface area (Å²) in [5, 5.41) is 3.38. The molecule has 108 valence electrons. The highest BCUT2D eigenvalue weighted by Gasteiger charge is 2.05. The van der Waals surface area contributed by atoms with E-state index in [1.54, 1.807) is 0 Å². The quantitative estimate of drug-likeness (QED) is 0.678. The van der Waals surface area contributed by atoms with Crippen molar-refractivity contribution in [2.75, 3.05) is 19.7 Å². The molecule has 0 fully saturated rings. The van der Waals surface area contributed by atoms with E-state index < -0.39 is 0 Å². The van der Waals surface area contributed by atoms with E-state index >= 15 is 0 Å². The molecule has 1 aromatic carbocycles. The fraction of sp³-hybridized carbons (Fsp3) is 0.625. The lowest BCUT2D eigenvalue weighted by Gasteiger charge is -2.12. The largest absolute Gasteiger partial charge is 0.493 e. The Morgan fingerprint density at radius 2 is 2.05 bits per heavy atom. The van der Waals surface area contributed by atoms with Gasteiger partial charge in [0.2, 0.25) is 0 Å². The van der Waals surface area contributed by atoms with Crippen LogP contribution in [0.3, 0.4) is 0 Å². The number of halogens is 1. The number of hydrogen-bond acceptors (Lipinski definition) is 2. The minimum atomic E-state index is 0.708. The molecule has 0 saturated heterocycles. The molecule has 19 heavy (non-hydrogen) atoms. The Hall–Kier alpha value is -0.540. The molecule has 0 bridgehead atoms. The minimum Gasteiger partial charge on any atom is -0.493 e. The van der Waals surface area contributed by atoms with E-state index in [9.17, 15) is 0 Å². The van der Waals surface area contributed by atoms with Gasteiger partial charge in [-0.15, -0.1) is 0 Å². The van der Waals surface area contributed by atoms with Crippen LogP contribution < -0.4 is 10.1 Å². The molecule has 0 aliphatic carbocycles. The SMILES string of the molecule is CCNCCC(C)CCc1ccc(OCC)c(Br)c1. The van der Waals surface area contributed by atoms with Crippen LogP contribution >= 0.6 is 15.9 Å². The third-order valence-corrected chi connectivity index (χ3v) is 3.91. The molecule has 0 heterocycles. The third kappa shape index (κ3) is 6.44. The molecule has 1 unspecified atom stereocenters. The molecule has 1 rings (SSSR count). The zero-order valence-electron chi connectivity index (χ0n) is 12.3. The van der Waals surface area contributed by atoms with E-state index in [0.717, 1.165) is 35.7 Å². The van der Waals surface area contributed by atoms with E-state index in [1.165, 1.54) is 18.4 Å². The monoisotopic (exact) mass is 327 g/mol. The highest BCUT2D eigenvalue weighted by Crippen LogP contribution is 2.27. The van der Waals surface area contributed by atoms with Gasteiger partial charge < -0.3 is 10.1 Å². The maximum Gasteiger partial charge on any atom is 0.133 e. The number of hydrogen-bond donors (Lipinski definition) is 1. The summed E-state index contributed by atoms with van der Waals surface area (Å²) in [6, 6.07) is 6.42. The van der Waals surface area contributed by atoms with Gasteiger partial charge in [0.1, 0.15) is 5.75 Å². The van der Waals surface area contributed by atoms with Crippen molar-refractivity contribution < 1.29 is 4.74 Å². The molecular weight excluding hydrogens is 302 g/mol. The van der Waals surface area contributed by atoms with Crippen LogP contribution in [0, 0.1) is 5.92 Å². The van der Waals surface area contributed by atoms with Crippen LogP contribution in [-0.2, 0) is 6.42 Å². The normalized spacial score (nSPS) is 12.4. The zero-order valence-corrected chi connectivity index (χ0v) is 13.9. The van der Waals surface area contributed by atoms with Crippen LogP contribution in [0.1, 0.15) is 39.2 Å². The Morgan fingerprint density at radius 1 is 1.26 bits per heavy atom. The Balaban J connectivity index is 2.38. The average Bonchev–Trinajstić information content (AvgIpc) is 2.40. The molecule has 0 aliphatic heterocycles. The van der Waals surface area contributed by atoms with Crippen LogP contribution in [0.15, 0.2) is 22.7 Å². The van der Waals surface area contributed by atoms with Crippen molar-refractivity contribution in [3.05, 3.63) is 28.2 Å². The van der Waals surface area contributed by atoms with Crippen molar-refractivity contribution >= 4 is 15.9 Å². The van der Waals surface area contributed by atoms with Crippen LogP contribution in [0.25, 0.3) is 0 Å². The van der Waals surface area contributed by atoms with Crippen molar-refractivity contribution in [2.45, 2.75) is 40.0 Å². The summed E-state index contributed by atoms with van der Waals surface area (Å²) in [6.45, 7) is 9.40. The maximum absolute atomic E-state index is 5.53. The number of rotatable bonds is 9. The first-order valence-corrected chi connectivity index (χ1v) is 8.08. The Bertz CT molecular complexity index is 368. The molecular formula is C16H26BrNO. The van der Waals surface area contributed by atoms with Crippen LogP contribution in [0.5, 0.6) is 5.75 Å². The second-order valence-corrected chi connectivity index (χ2v) is 5.84. The molecule has 1 aromatic rings. The standard InChI is InChI=1S/C16H26BrNO/c1-4-18-11-10-13(3)6-7-14-8-9-16(19-5-2)15(17)12-14/h8-9,12-13,18H,4-7,10-11H2,1-3H3. The lowest BCUT2D eigenvalue weighted by Crippen LogP contribution is -2.16. The van der Waals surface area contributed by atoms with Gasteiger partial charge in [-0.25, -0.2) is 0 Å². The first-order chi connectivity index (χ1) is 9.17. The Labute approximate surface area is 126 Å². The number of benzene rings is 1. The molecule has 3 heteroatoms. The van der Waals surface area contributed by atoms with E-state index in [1.807, 2.05) is 6.92 Å². The fourth-order valence-electron chi connectivity index (χ4n) is 2.06. The van der Waals surface area contributed by atoms with E-state index in [4.69, 9.17) is 4.74 Å². The predicted octanol–water partition coefficient (Wildman–Crippen LogP) is 4.42. The molecule has 0 saturated carbocycles. The average molecular weight is 328 g/mol. The van der Waals surface area contributed by atoms with E-state index in [-0.39, 0.29) is 0 Å². The molecule has 1 N–H and O–H groups in total. The van der Waals surface area contributed by atoms with Crippen molar-refractivity contribution in [1.29, 1.82) is 0 Å². The van der Waals surface area contributed by atoms with Crippen LogP contribution in [-0.4, -0.2) is 19.7 Å². The molecule has 0 amide bonds. The van der Waals surface area contributed by atoms with Gasteiger partial charge in [-0.3, -0.25) is 0 Å². The van der Waals surface area contributed by atoms with Gasteiger partial charge in [0.25, 0.3) is 0 Å². The van der Waals surface area contributed by atoms with Gasteiger partial charge in [0, 0.05) is 0 Å². The molecule has 1 atom stereocenters. The topological polar surface area (TPSA) is 21.3 Å². The van der Waals surface area contributed by atoms with Gasteiger partial charge in [-0.05, 0) is 78.8 Å². The van der Waals surface area contributed by atoms with Gasteiger partial charge in [0.15, 0.2) is 0 Å². The zero-order chi connectivity index (χ0) is 14.1. The Kier molecular flexibility index (Phi) is 8.15. The van der Waals surface area contributed by atoms with Crippen molar-refractivity contribution in [3.63, 3.8) is 0 Å². The smallest absolute Gasteiger partial charge is 0.133 e. The third-order valence-electron chi connectivity index (χ3n) is 3.29. The minimum absolute atomic E-state index is 0.708. The van der Waals surface area contributed by atoms with Gasteiger partial charge in [-0.1, -0.05) is 19.9 Å². The number of aryl methyl sites for hydroxylation is 1. The second kappa shape index (κ2) is 9.38. The van der Waals surface area contributed by atoms with Gasteiger partial charge in [-0.2, -0.15) is 0 Å². The molecule has 0 aliphatic rings. The van der Waals surface area contributed by atoms with Crippen molar-refractivity contribution in [3.8, 4) is 5.75 Å². The summed E-state index contributed by atoms with van der Waals surface area (Å²) in [5.74, 6) is 1.70. The van der Waals surface area contributed by atoms with E-state index in [2.05, 4.69) is 53.3 Å². The highest BCUT2D eigenvalue weighted by atomic mass is 79.9. The second-order valence-electron chi connectivity index (χ2n) is 4.98. The lowest BCUT2D eigenvalue weighted by atomic mass is 9.98. The fourth-order valence-corrected chi connectivity index (χ4v) is 2.60. The molecule has 0 spiro atoms. The van der Waals surface area contributed by atoms with Gasteiger partial charge >= 0.3 is 0 Å². The Morgan fingerprint density at radius 3 is 2.68 bits per heavy atom. The van der Waals surface area contributed by atoms with Gasteiger partial charge in [0.05, 0.1) is 11.1 Å². The first kappa shape index (κ1) is 16.5. The summed E-state index contributed by atoms with van der Waals surface area (Å²) in [4.78, 5) is 0. The summed E-state index contributed by atoms with van der Waals surface area (Å²) < 4.78 is 6.59. The highest BCUT2D eigenvalue weighted by molar-refractivity contribution is 9.10. The van der Waals surface area contributed by atoms with Crippen LogP contribution in [0.2, 0.25) is 0 Å². The number of nitrogens with one attached hydrogen (secondary N) is 1. The van der Waals surface area contributed by atoms with E-state index in [0.29, 0.717) is 6.61 Å². The first-order valence-electron chi connectivity index (χ1n) is 7.29.